The fourth-order valence-corrected chi connectivity index (χ4v) is 3.44. The number of allylic oxidation sites excluding steroid dienone is 1. The summed E-state index contributed by atoms with van der Waals surface area (Å²) in [5.74, 6) is 0.392. The Bertz CT molecular complexity index is 1030. The number of nitrogens with one attached hydrogen (secondary N) is 1. The highest BCUT2D eigenvalue weighted by Gasteiger charge is 2.37. The van der Waals surface area contributed by atoms with Crippen LogP contribution in [0.2, 0.25) is 0 Å². The number of anilines is 1. The molecule has 142 valence electrons. The summed E-state index contributed by atoms with van der Waals surface area (Å²) in [5, 5.41) is 7.31. The third kappa shape index (κ3) is 3.26. The second kappa shape index (κ2) is 7.26. The fourth-order valence-electron chi connectivity index (χ4n) is 3.44. The van der Waals surface area contributed by atoms with Crippen molar-refractivity contribution in [3.05, 3.63) is 84.1 Å². The highest BCUT2D eigenvalue weighted by Crippen LogP contribution is 2.37. The van der Waals surface area contributed by atoms with Gasteiger partial charge in [-0.2, -0.15) is 10.1 Å². The van der Waals surface area contributed by atoms with E-state index in [1.165, 1.54) is 12.4 Å². The van der Waals surface area contributed by atoms with Gasteiger partial charge in [-0.05, 0) is 30.7 Å². The smallest absolute Gasteiger partial charge is 0.226 e. The van der Waals surface area contributed by atoms with Crippen LogP contribution >= 0.6 is 0 Å². The molecule has 0 spiro atoms. The quantitative estimate of drug-likeness (QED) is 0.733. The first-order valence-electron chi connectivity index (χ1n) is 8.86. The standard InChI is InChI=1S/C21H19FN4O2/c1-13-19(14(2)27)20(26-21(25-13)23-12-24-26)15-7-9-17(10-8-15)28-11-16-5-3-4-6-18(16)22/h3-10,12,19-20H,1,11H2,2H3,(H,23,24,25)/t19-,20-/m0/s1. The summed E-state index contributed by atoms with van der Waals surface area (Å²) in [6.07, 6.45) is 1.44. The van der Waals surface area contributed by atoms with E-state index in [0.717, 1.165) is 5.56 Å². The zero-order valence-electron chi connectivity index (χ0n) is 15.3. The van der Waals surface area contributed by atoms with Crippen LogP contribution < -0.4 is 10.1 Å². The van der Waals surface area contributed by atoms with E-state index in [2.05, 4.69) is 22.0 Å². The number of ether oxygens (including phenoxy) is 1. The maximum Gasteiger partial charge on any atom is 0.226 e. The third-order valence-electron chi connectivity index (χ3n) is 4.81. The molecule has 2 heterocycles. The van der Waals surface area contributed by atoms with Gasteiger partial charge in [0.05, 0.1) is 12.0 Å². The van der Waals surface area contributed by atoms with Crippen LogP contribution in [-0.2, 0) is 11.4 Å². The van der Waals surface area contributed by atoms with Gasteiger partial charge in [0.25, 0.3) is 0 Å². The van der Waals surface area contributed by atoms with Gasteiger partial charge in [0, 0.05) is 11.3 Å². The fraction of sp³-hybridized carbons (Fsp3) is 0.190. The van der Waals surface area contributed by atoms with Crippen LogP contribution in [0.1, 0.15) is 24.1 Å². The van der Waals surface area contributed by atoms with Crippen LogP contribution in [0.15, 0.2) is 67.1 Å². The lowest BCUT2D eigenvalue weighted by molar-refractivity contribution is -0.120. The summed E-state index contributed by atoms with van der Waals surface area (Å²) in [4.78, 5) is 16.4. The van der Waals surface area contributed by atoms with Crippen LogP contribution in [0.25, 0.3) is 0 Å². The van der Waals surface area contributed by atoms with Gasteiger partial charge >= 0.3 is 0 Å². The lowest BCUT2D eigenvalue weighted by Crippen LogP contribution is -2.35. The number of ketones is 1. The van der Waals surface area contributed by atoms with Gasteiger partial charge in [0.15, 0.2) is 0 Å². The van der Waals surface area contributed by atoms with E-state index in [4.69, 9.17) is 4.74 Å². The van der Waals surface area contributed by atoms with Crippen molar-refractivity contribution >= 4 is 11.7 Å². The molecule has 0 aliphatic carbocycles. The normalized spacial score (nSPS) is 18.3. The summed E-state index contributed by atoms with van der Waals surface area (Å²) < 4.78 is 21.1. The number of halogens is 1. The summed E-state index contributed by atoms with van der Waals surface area (Å²) in [7, 11) is 0. The molecule has 1 aliphatic rings. The topological polar surface area (TPSA) is 69.0 Å². The van der Waals surface area contributed by atoms with Crippen molar-refractivity contribution in [3.63, 3.8) is 0 Å². The molecule has 2 atom stereocenters. The molecule has 0 saturated carbocycles. The Morgan fingerprint density at radius 3 is 2.71 bits per heavy atom. The van der Waals surface area contributed by atoms with Crippen molar-refractivity contribution in [2.75, 3.05) is 5.32 Å². The molecule has 0 bridgehead atoms. The summed E-state index contributed by atoms with van der Waals surface area (Å²) >= 11 is 0. The monoisotopic (exact) mass is 378 g/mol. The minimum absolute atomic E-state index is 0.0106. The third-order valence-corrected chi connectivity index (χ3v) is 4.81. The highest BCUT2D eigenvalue weighted by molar-refractivity contribution is 5.83. The van der Waals surface area contributed by atoms with Crippen molar-refractivity contribution in [3.8, 4) is 5.75 Å². The van der Waals surface area contributed by atoms with Crippen LogP contribution in [0.5, 0.6) is 5.75 Å². The molecule has 0 amide bonds. The molecule has 0 fully saturated rings. The number of hydrogen-bond acceptors (Lipinski definition) is 5. The number of carbonyl (C=O) groups excluding carboxylic acids is 1. The van der Waals surface area contributed by atoms with Crippen LogP contribution in [0.4, 0.5) is 10.3 Å². The molecule has 6 nitrogen and oxygen atoms in total. The van der Waals surface area contributed by atoms with Gasteiger partial charge in [0.1, 0.15) is 30.3 Å². The van der Waals surface area contributed by atoms with Gasteiger partial charge in [-0.25, -0.2) is 9.07 Å². The maximum atomic E-state index is 13.7. The van der Waals surface area contributed by atoms with Crippen molar-refractivity contribution in [1.29, 1.82) is 0 Å². The number of hydrogen-bond donors (Lipinski definition) is 1. The number of fused-ring (bicyclic) bond motifs is 1. The first kappa shape index (κ1) is 17.9. The van der Waals surface area contributed by atoms with Crippen LogP contribution in [0.3, 0.4) is 0 Å². The molecule has 0 saturated heterocycles. The molecule has 3 aromatic rings. The second-order valence-corrected chi connectivity index (χ2v) is 6.66. The molecule has 28 heavy (non-hydrogen) atoms. The zero-order valence-corrected chi connectivity index (χ0v) is 15.3. The Morgan fingerprint density at radius 2 is 2.00 bits per heavy atom. The molecule has 7 heteroatoms. The van der Waals surface area contributed by atoms with E-state index < -0.39 is 5.92 Å². The minimum atomic E-state index is -0.459. The second-order valence-electron chi connectivity index (χ2n) is 6.66. The molecule has 1 aromatic heterocycles. The molecule has 2 aromatic carbocycles. The Hall–Kier alpha value is -3.48. The zero-order chi connectivity index (χ0) is 19.7. The van der Waals surface area contributed by atoms with Crippen LogP contribution in [-0.4, -0.2) is 20.5 Å². The van der Waals surface area contributed by atoms with Gasteiger partial charge in [-0.15, -0.1) is 0 Å². The number of rotatable bonds is 5. The Labute approximate surface area is 161 Å². The predicted octanol–water partition coefficient (Wildman–Crippen LogP) is 3.73. The van der Waals surface area contributed by atoms with Gasteiger partial charge < -0.3 is 10.1 Å². The first-order chi connectivity index (χ1) is 13.5. The number of nitrogens with zero attached hydrogens (tertiary/aromatic N) is 3. The molecule has 0 unspecified atom stereocenters. The number of benzene rings is 2. The average Bonchev–Trinajstić information content (AvgIpc) is 3.14. The molecule has 0 radical (unpaired) electrons. The van der Waals surface area contributed by atoms with Gasteiger partial charge in [0.2, 0.25) is 5.95 Å². The highest BCUT2D eigenvalue weighted by atomic mass is 19.1. The number of aromatic nitrogens is 3. The van der Waals surface area contributed by atoms with Gasteiger partial charge in [-0.1, -0.05) is 36.9 Å². The molecule has 1 N–H and O–H groups in total. The van der Waals surface area contributed by atoms with E-state index in [-0.39, 0.29) is 24.2 Å². The Morgan fingerprint density at radius 1 is 1.25 bits per heavy atom. The lowest BCUT2D eigenvalue weighted by Gasteiger charge is -2.33. The maximum absolute atomic E-state index is 13.7. The van der Waals surface area contributed by atoms with Crippen molar-refractivity contribution in [1.82, 2.24) is 14.8 Å². The minimum Gasteiger partial charge on any atom is -0.489 e. The van der Waals surface area contributed by atoms with E-state index in [9.17, 15) is 9.18 Å². The molecular formula is C21H19FN4O2. The predicted molar refractivity (Wildman–Crippen MR) is 102 cm³/mol. The van der Waals surface area contributed by atoms with E-state index in [1.807, 2.05) is 12.1 Å². The molecule has 4 rings (SSSR count). The summed E-state index contributed by atoms with van der Waals surface area (Å²) in [6, 6.07) is 13.5. The van der Waals surface area contributed by atoms with Crippen LogP contribution in [0, 0.1) is 11.7 Å². The summed E-state index contributed by atoms with van der Waals surface area (Å²) in [6.45, 7) is 5.67. The molecule has 1 aliphatic heterocycles. The summed E-state index contributed by atoms with van der Waals surface area (Å²) in [5.41, 5.74) is 1.97. The Kier molecular flexibility index (Phi) is 4.65. The van der Waals surface area contributed by atoms with Gasteiger partial charge in [-0.3, -0.25) is 4.79 Å². The average molecular weight is 378 g/mol. The van der Waals surface area contributed by atoms with Crippen molar-refractivity contribution in [2.24, 2.45) is 5.92 Å². The Balaban J connectivity index is 1.58. The number of Topliss-reactive ketones (excluding diaryl/α,β-unsaturated/α-hetero) is 1. The van der Waals surface area contributed by atoms with E-state index in [0.29, 0.717) is 23.0 Å². The van der Waals surface area contributed by atoms with E-state index >= 15 is 0 Å². The SMILES string of the molecule is C=C1Nc2ncnn2[C@@H](c2ccc(OCc3ccccc3F)cc2)[C@@H]1C(C)=O. The van der Waals surface area contributed by atoms with Crippen molar-refractivity contribution < 1.29 is 13.9 Å². The largest absolute Gasteiger partial charge is 0.489 e. The first-order valence-corrected chi connectivity index (χ1v) is 8.86. The lowest BCUT2D eigenvalue weighted by atomic mass is 9.86. The van der Waals surface area contributed by atoms with Crippen molar-refractivity contribution in [2.45, 2.75) is 19.6 Å². The number of carbonyl (C=O) groups is 1. The molecular weight excluding hydrogens is 359 g/mol. The van der Waals surface area contributed by atoms with E-state index in [1.54, 1.807) is 41.9 Å².